The van der Waals surface area contributed by atoms with E-state index >= 15 is 0 Å². The summed E-state index contributed by atoms with van der Waals surface area (Å²) >= 11 is 12.5. The minimum Gasteiger partial charge on any atom is -0.366 e. The van der Waals surface area contributed by atoms with Crippen LogP contribution in [0.1, 0.15) is 28.8 Å². The zero-order valence-corrected chi connectivity index (χ0v) is 16.3. The lowest BCUT2D eigenvalue weighted by Gasteiger charge is -2.31. The maximum absolute atomic E-state index is 12.5. The van der Waals surface area contributed by atoms with Crippen LogP contribution in [0.2, 0.25) is 10.0 Å². The molecule has 1 aliphatic heterocycles. The number of halogens is 2. The first kappa shape index (κ1) is 19.7. The Hall–Kier alpha value is -2.08. The van der Waals surface area contributed by atoms with Crippen LogP contribution in [0.25, 0.3) is 0 Å². The Morgan fingerprint density at radius 3 is 2.19 bits per heavy atom. The van der Waals surface area contributed by atoms with E-state index in [0.29, 0.717) is 27.8 Å². The maximum Gasteiger partial charge on any atom is 0.248 e. The van der Waals surface area contributed by atoms with Crippen LogP contribution in [0, 0.1) is 5.92 Å². The first-order valence-electron chi connectivity index (χ1n) is 8.80. The Morgan fingerprint density at radius 1 is 1.04 bits per heavy atom. The van der Waals surface area contributed by atoms with Crippen LogP contribution in [-0.2, 0) is 11.3 Å². The van der Waals surface area contributed by atoms with Crippen molar-refractivity contribution in [3.05, 3.63) is 63.6 Å². The van der Waals surface area contributed by atoms with Gasteiger partial charge in [0, 0.05) is 39.3 Å². The van der Waals surface area contributed by atoms with E-state index in [9.17, 15) is 9.59 Å². The van der Waals surface area contributed by atoms with Gasteiger partial charge >= 0.3 is 0 Å². The topological polar surface area (TPSA) is 75.4 Å². The molecule has 0 atom stereocenters. The quantitative estimate of drug-likeness (QED) is 0.790. The van der Waals surface area contributed by atoms with Crippen LogP contribution in [0.15, 0.2) is 42.5 Å². The highest BCUT2D eigenvalue weighted by Crippen LogP contribution is 2.28. The second-order valence-corrected chi connectivity index (χ2v) is 7.50. The standard InChI is InChI=1S/C20H21Cl2N3O2/c21-17-2-1-3-18(22)16(17)12-25-10-8-14(9-11-25)20(27)24-15-6-4-13(5-7-15)19(23)26/h1-7,14H,8-12H2,(H2,23,26)(H,24,27). The van der Waals surface area contributed by atoms with Gasteiger partial charge in [-0.05, 0) is 62.3 Å². The molecule has 5 nitrogen and oxygen atoms in total. The molecule has 0 spiro atoms. The van der Waals surface area contributed by atoms with Crippen LogP contribution >= 0.6 is 23.2 Å². The third-order valence-electron chi connectivity index (χ3n) is 4.84. The van der Waals surface area contributed by atoms with Gasteiger partial charge in [0.05, 0.1) is 0 Å². The van der Waals surface area contributed by atoms with Crippen molar-refractivity contribution in [3.8, 4) is 0 Å². The van der Waals surface area contributed by atoms with Crippen molar-refractivity contribution in [2.75, 3.05) is 18.4 Å². The summed E-state index contributed by atoms with van der Waals surface area (Å²) in [6.07, 6.45) is 1.54. The smallest absolute Gasteiger partial charge is 0.248 e. The third-order valence-corrected chi connectivity index (χ3v) is 5.55. The molecule has 1 heterocycles. The molecule has 142 valence electrons. The molecule has 2 aromatic carbocycles. The fraction of sp³-hybridized carbons (Fsp3) is 0.300. The van der Waals surface area contributed by atoms with Gasteiger partial charge in [0.25, 0.3) is 0 Å². The molecule has 27 heavy (non-hydrogen) atoms. The predicted molar refractivity (Wildman–Crippen MR) is 108 cm³/mol. The fourth-order valence-electron chi connectivity index (χ4n) is 3.22. The molecule has 7 heteroatoms. The number of carbonyl (C=O) groups is 2. The molecule has 1 aliphatic rings. The molecule has 3 rings (SSSR count). The normalized spacial score (nSPS) is 15.5. The van der Waals surface area contributed by atoms with E-state index in [1.807, 2.05) is 18.2 Å². The first-order chi connectivity index (χ1) is 12.9. The number of nitrogens with two attached hydrogens (primary N) is 1. The number of carbonyl (C=O) groups excluding carboxylic acids is 2. The number of primary amides is 1. The summed E-state index contributed by atoms with van der Waals surface area (Å²) in [7, 11) is 0. The van der Waals surface area contributed by atoms with Crippen molar-refractivity contribution in [2.24, 2.45) is 11.7 Å². The lowest BCUT2D eigenvalue weighted by molar-refractivity contribution is -0.121. The zero-order chi connectivity index (χ0) is 19.4. The number of piperidine rings is 1. The fourth-order valence-corrected chi connectivity index (χ4v) is 3.74. The minimum atomic E-state index is -0.487. The second kappa shape index (κ2) is 8.74. The van der Waals surface area contributed by atoms with Gasteiger partial charge in [-0.2, -0.15) is 0 Å². The molecule has 0 unspecified atom stereocenters. The predicted octanol–water partition coefficient (Wildman–Crippen LogP) is 3.94. The highest BCUT2D eigenvalue weighted by atomic mass is 35.5. The largest absolute Gasteiger partial charge is 0.366 e. The summed E-state index contributed by atoms with van der Waals surface area (Å²) in [4.78, 5) is 25.9. The summed E-state index contributed by atoms with van der Waals surface area (Å²) in [6, 6.07) is 12.1. The molecule has 2 aromatic rings. The maximum atomic E-state index is 12.5. The van der Waals surface area contributed by atoms with Crippen LogP contribution in [0.5, 0.6) is 0 Å². The van der Waals surface area contributed by atoms with Gasteiger partial charge in [0.15, 0.2) is 0 Å². The van der Waals surface area contributed by atoms with Gasteiger partial charge in [0.2, 0.25) is 11.8 Å². The van der Waals surface area contributed by atoms with Crippen LogP contribution in [0.3, 0.4) is 0 Å². The summed E-state index contributed by atoms with van der Waals surface area (Å²) in [5.74, 6) is -0.532. The summed E-state index contributed by atoms with van der Waals surface area (Å²) < 4.78 is 0. The Morgan fingerprint density at radius 2 is 1.63 bits per heavy atom. The average molecular weight is 406 g/mol. The monoisotopic (exact) mass is 405 g/mol. The average Bonchev–Trinajstić information content (AvgIpc) is 2.66. The Kier molecular flexibility index (Phi) is 6.37. The molecule has 0 radical (unpaired) electrons. The van der Waals surface area contributed by atoms with E-state index in [-0.39, 0.29) is 11.8 Å². The van der Waals surface area contributed by atoms with Crippen LogP contribution in [0.4, 0.5) is 5.69 Å². The molecule has 2 amide bonds. The number of benzene rings is 2. The molecule has 1 saturated heterocycles. The van der Waals surface area contributed by atoms with Gasteiger partial charge in [-0.3, -0.25) is 14.5 Å². The van der Waals surface area contributed by atoms with Crippen molar-refractivity contribution < 1.29 is 9.59 Å². The summed E-state index contributed by atoms with van der Waals surface area (Å²) in [5.41, 5.74) is 7.23. The van der Waals surface area contributed by atoms with Gasteiger partial charge in [-0.15, -0.1) is 0 Å². The van der Waals surface area contributed by atoms with Gasteiger partial charge in [-0.1, -0.05) is 29.3 Å². The molecular weight excluding hydrogens is 385 g/mol. The number of anilines is 1. The molecule has 0 bridgehead atoms. The van der Waals surface area contributed by atoms with E-state index in [1.165, 1.54) is 0 Å². The van der Waals surface area contributed by atoms with E-state index in [0.717, 1.165) is 31.5 Å². The van der Waals surface area contributed by atoms with Gasteiger partial charge in [0.1, 0.15) is 0 Å². The van der Waals surface area contributed by atoms with Gasteiger partial charge in [-0.25, -0.2) is 0 Å². The lowest BCUT2D eigenvalue weighted by Crippen LogP contribution is -2.37. The third kappa shape index (κ3) is 5.01. The number of likely N-dealkylation sites (tertiary alicyclic amines) is 1. The SMILES string of the molecule is NC(=O)c1ccc(NC(=O)C2CCN(Cc3c(Cl)cccc3Cl)CC2)cc1. The number of nitrogens with one attached hydrogen (secondary N) is 1. The molecule has 0 saturated carbocycles. The number of rotatable bonds is 5. The molecular formula is C20H21Cl2N3O2. The highest BCUT2D eigenvalue weighted by Gasteiger charge is 2.25. The van der Waals surface area contributed by atoms with Crippen molar-refractivity contribution in [3.63, 3.8) is 0 Å². The number of hydrogen-bond acceptors (Lipinski definition) is 3. The Bertz CT molecular complexity index is 811. The van der Waals surface area contributed by atoms with Crippen LogP contribution in [-0.4, -0.2) is 29.8 Å². The van der Waals surface area contributed by atoms with E-state index < -0.39 is 5.91 Å². The number of hydrogen-bond donors (Lipinski definition) is 2. The Balaban J connectivity index is 1.52. The zero-order valence-electron chi connectivity index (χ0n) is 14.8. The highest BCUT2D eigenvalue weighted by molar-refractivity contribution is 6.35. The van der Waals surface area contributed by atoms with E-state index in [2.05, 4.69) is 10.2 Å². The van der Waals surface area contributed by atoms with E-state index in [1.54, 1.807) is 24.3 Å². The van der Waals surface area contributed by atoms with Crippen molar-refractivity contribution in [1.29, 1.82) is 0 Å². The molecule has 0 aromatic heterocycles. The van der Waals surface area contributed by atoms with Crippen molar-refractivity contribution >= 4 is 40.7 Å². The Labute approximate surface area is 168 Å². The molecule has 3 N–H and O–H groups in total. The molecule has 0 aliphatic carbocycles. The summed E-state index contributed by atoms with van der Waals surface area (Å²) in [5, 5.41) is 4.25. The number of amides is 2. The second-order valence-electron chi connectivity index (χ2n) is 6.68. The minimum absolute atomic E-state index is 0.00255. The van der Waals surface area contributed by atoms with Crippen molar-refractivity contribution in [1.82, 2.24) is 4.90 Å². The van der Waals surface area contributed by atoms with Gasteiger partial charge < -0.3 is 11.1 Å². The van der Waals surface area contributed by atoms with E-state index in [4.69, 9.17) is 28.9 Å². The summed E-state index contributed by atoms with van der Waals surface area (Å²) in [6.45, 7) is 2.29. The molecule has 1 fully saturated rings. The van der Waals surface area contributed by atoms with Crippen LogP contribution < -0.4 is 11.1 Å². The number of nitrogens with zero attached hydrogens (tertiary/aromatic N) is 1. The van der Waals surface area contributed by atoms with Crippen molar-refractivity contribution in [2.45, 2.75) is 19.4 Å². The first-order valence-corrected chi connectivity index (χ1v) is 9.55. The lowest BCUT2D eigenvalue weighted by atomic mass is 9.95.